The molecule has 1 aliphatic heterocycles. The average molecular weight is 373 g/mol. The van der Waals surface area contributed by atoms with Crippen LogP contribution in [-0.2, 0) is 10.0 Å². The van der Waals surface area contributed by atoms with E-state index >= 15 is 0 Å². The van der Waals surface area contributed by atoms with Gasteiger partial charge in [0, 0.05) is 5.02 Å². The molecule has 0 spiro atoms. The SMILES string of the molecule is CC1Oc2c(cc(Cl)cc2S(=O)(=O)Nc2cccc(F)c2)NC1O. The van der Waals surface area contributed by atoms with Gasteiger partial charge in [0.25, 0.3) is 10.0 Å². The second kappa shape index (κ2) is 6.12. The minimum absolute atomic E-state index is 0.0427. The number of aliphatic hydroxyl groups is 1. The number of rotatable bonds is 3. The second-order valence-corrected chi connectivity index (χ2v) is 7.40. The third-order valence-electron chi connectivity index (χ3n) is 3.44. The predicted octanol–water partition coefficient (Wildman–Crippen LogP) is 2.79. The Morgan fingerprint density at radius 1 is 1.33 bits per heavy atom. The van der Waals surface area contributed by atoms with E-state index in [0.717, 1.165) is 6.07 Å². The van der Waals surface area contributed by atoms with E-state index in [9.17, 15) is 17.9 Å². The molecule has 0 bridgehead atoms. The van der Waals surface area contributed by atoms with E-state index < -0.39 is 28.2 Å². The molecule has 0 amide bonds. The number of halogens is 2. The van der Waals surface area contributed by atoms with E-state index in [-0.39, 0.29) is 27.0 Å². The van der Waals surface area contributed by atoms with Crippen LogP contribution in [0.1, 0.15) is 6.92 Å². The first kappa shape index (κ1) is 16.8. The fourth-order valence-corrected chi connectivity index (χ4v) is 3.80. The van der Waals surface area contributed by atoms with E-state index in [1.54, 1.807) is 6.92 Å². The van der Waals surface area contributed by atoms with Crippen molar-refractivity contribution in [1.82, 2.24) is 0 Å². The Labute approximate surface area is 143 Å². The van der Waals surface area contributed by atoms with Crippen molar-refractivity contribution in [2.75, 3.05) is 10.0 Å². The van der Waals surface area contributed by atoms with Crippen molar-refractivity contribution < 1.29 is 22.7 Å². The van der Waals surface area contributed by atoms with Gasteiger partial charge in [-0.1, -0.05) is 17.7 Å². The summed E-state index contributed by atoms with van der Waals surface area (Å²) >= 11 is 5.97. The molecule has 0 fully saturated rings. The Morgan fingerprint density at radius 3 is 2.79 bits per heavy atom. The van der Waals surface area contributed by atoms with Crippen LogP contribution in [0.4, 0.5) is 15.8 Å². The van der Waals surface area contributed by atoms with Crippen molar-refractivity contribution in [3.8, 4) is 5.75 Å². The number of sulfonamides is 1. The molecule has 2 unspecified atom stereocenters. The molecular weight excluding hydrogens is 359 g/mol. The molecule has 0 saturated carbocycles. The van der Waals surface area contributed by atoms with Crippen molar-refractivity contribution in [3.63, 3.8) is 0 Å². The lowest BCUT2D eigenvalue weighted by Gasteiger charge is -2.31. The standard InChI is InChI=1S/C15H14ClFN2O4S/c1-8-15(20)18-12-5-9(16)6-13(14(12)23-8)24(21,22)19-11-4-2-3-10(17)7-11/h2-8,15,18-20H,1H3. The third kappa shape index (κ3) is 3.26. The first-order chi connectivity index (χ1) is 11.3. The molecule has 6 nitrogen and oxygen atoms in total. The van der Waals surface area contributed by atoms with E-state index in [1.165, 1.54) is 30.3 Å². The highest BCUT2D eigenvalue weighted by Gasteiger charge is 2.31. The predicted molar refractivity (Wildman–Crippen MR) is 88.4 cm³/mol. The number of nitrogens with one attached hydrogen (secondary N) is 2. The number of benzene rings is 2. The lowest BCUT2D eigenvalue weighted by Crippen LogP contribution is -2.39. The molecular formula is C15H14ClFN2O4S. The molecule has 0 radical (unpaired) electrons. The monoisotopic (exact) mass is 372 g/mol. The molecule has 0 aliphatic carbocycles. The Kier molecular flexibility index (Phi) is 4.29. The van der Waals surface area contributed by atoms with Crippen molar-refractivity contribution in [2.24, 2.45) is 0 Å². The van der Waals surface area contributed by atoms with E-state index in [2.05, 4.69) is 10.0 Å². The molecule has 2 aromatic rings. The van der Waals surface area contributed by atoms with Gasteiger partial charge in [0.15, 0.2) is 12.0 Å². The van der Waals surface area contributed by atoms with Gasteiger partial charge in [0.05, 0.1) is 11.4 Å². The summed E-state index contributed by atoms with van der Waals surface area (Å²) in [5.74, 6) is -0.529. The fraction of sp³-hybridized carbons (Fsp3) is 0.200. The summed E-state index contributed by atoms with van der Waals surface area (Å²) in [6.07, 6.45) is -1.66. The maximum Gasteiger partial charge on any atom is 0.265 e. The van der Waals surface area contributed by atoms with Gasteiger partial charge in [-0.2, -0.15) is 0 Å². The van der Waals surface area contributed by atoms with Gasteiger partial charge in [0.2, 0.25) is 0 Å². The summed E-state index contributed by atoms with van der Waals surface area (Å²) in [6, 6.07) is 7.75. The topological polar surface area (TPSA) is 87.7 Å². The van der Waals surface area contributed by atoms with E-state index in [4.69, 9.17) is 16.3 Å². The Morgan fingerprint density at radius 2 is 2.08 bits per heavy atom. The minimum Gasteiger partial charge on any atom is -0.482 e. The fourth-order valence-electron chi connectivity index (χ4n) is 2.29. The summed E-state index contributed by atoms with van der Waals surface area (Å²) in [6.45, 7) is 1.59. The van der Waals surface area contributed by atoms with Crippen molar-refractivity contribution in [1.29, 1.82) is 0 Å². The lowest BCUT2D eigenvalue weighted by atomic mass is 10.2. The molecule has 0 saturated heterocycles. The zero-order valence-electron chi connectivity index (χ0n) is 12.5. The van der Waals surface area contributed by atoms with Crippen LogP contribution < -0.4 is 14.8 Å². The van der Waals surface area contributed by atoms with Crippen molar-refractivity contribution >= 4 is 33.0 Å². The maximum atomic E-state index is 13.3. The second-order valence-electron chi connectivity index (χ2n) is 5.31. The third-order valence-corrected chi connectivity index (χ3v) is 5.04. The number of ether oxygens (including phenoxy) is 1. The summed E-state index contributed by atoms with van der Waals surface area (Å²) in [7, 11) is -4.08. The molecule has 3 N–H and O–H groups in total. The smallest absolute Gasteiger partial charge is 0.265 e. The van der Waals surface area contributed by atoms with Crippen molar-refractivity contribution in [3.05, 3.63) is 47.2 Å². The lowest BCUT2D eigenvalue weighted by molar-refractivity contribution is 0.0547. The highest BCUT2D eigenvalue weighted by molar-refractivity contribution is 7.92. The zero-order valence-corrected chi connectivity index (χ0v) is 14.0. The highest BCUT2D eigenvalue weighted by atomic mass is 35.5. The largest absolute Gasteiger partial charge is 0.482 e. The van der Waals surface area contributed by atoms with Crippen LogP contribution >= 0.6 is 11.6 Å². The Balaban J connectivity index is 2.05. The number of aliphatic hydroxyl groups excluding tert-OH is 1. The Hall–Kier alpha value is -2.03. The first-order valence-corrected chi connectivity index (χ1v) is 8.85. The van der Waals surface area contributed by atoms with Crippen LogP contribution in [0.25, 0.3) is 0 Å². The quantitative estimate of drug-likeness (QED) is 0.771. The maximum absolute atomic E-state index is 13.3. The van der Waals surface area contributed by atoms with Crippen LogP contribution in [0.3, 0.4) is 0 Å². The van der Waals surface area contributed by atoms with Gasteiger partial charge in [0.1, 0.15) is 16.8 Å². The van der Waals surface area contributed by atoms with Crippen LogP contribution in [0.2, 0.25) is 5.02 Å². The van der Waals surface area contributed by atoms with Crippen LogP contribution in [0.5, 0.6) is 5.75 Å². The molecule has 1 heterocycles. The van der Waals surface area contributed by atoms with Crippen LogP contribution in [0, 0.1) is 5.82 Å². The molecule has 1 aliphatic rings. The van der Waals surface area contributed by atoms with Gasteiger partial charge in [-0.15, -0.1) is 0 Å². The highest BCUT2D eigenvalue weighted by Crippen LogP contribution is 2.40. The minimum atomic E-state index is -4.08. The molecule has 128 valence electrons. The molecule has 0 aromatic heterocycles. The number of hydrogen-bond acceptors (Lipinski definition) is 5. The van der Waals surface area contributed by atoms with Crippen LogP contribution in [0.15, 0.2) is 41.3 Å². The number of anilines is 2. The normalized spacial score (nSPS) is 19.8. The number of fused-ring (bicyclic) bond motifs is 1. The summed E-state index contributed by atoms with van der Waals surface area (Å²) in [5.41, 5.74) is 0.327. The first-order valence-electron chi connectivity index (χ1n) is 6.99. The van der Waals surface area contributed by atoms with Crippen molar-refractivity contribution in [2.45, 2.75) is 24.2 Å². The number of hydrogen-bond donors (Lipinski definition) is 3. The molecule has 3 rings (SSSR count). The Bertz CT molecular complexity index is 891. The van der Waals surface area contributed by atoms with Crippen LogP contribution in [-0.4, -0.2) is 25.9 Å². The molecule has 2 atom stereocenters. The summed E-state index contributed by atoms with van der Waals surface area (Å²) in [5, 5.41) is 12.7. The molecule has 9 heteroatoms. The van der Waals surface area contributed by atoms with E-state index in [0.29, 0.717) is 0 Å². The summed E-state index contributed by atoms with van der Waals surface area (Å²) in [4.78, 5) is -0.208. The van der Waals surface area contributed by atoms with Gasteiger partial charge < -0.3 is 15.2 Å². The van der Waals surface area contributed by atoms with Gasteiger partial charge in [-0.05, 0) is 37.3 Å². The summed E-state index contributed by atoms with van der Waals surface area (Å²) < 4.78 is 46.4. The van der Waals surface area contributed by atoms with E-state index in [1.807, 2.05) is 0 Å². The molecule has 2 aromatic carbocycles. The average Bonchev–Trinajstić information content (AvgIpc) is 2.47. The van der Waals surface area contributed by atoms with Gasteiger partial charge in [-0.25, -0.2) is 12.8 Å². The molecule has 24 heavy (non-hydrogen) atoms. The van der Waals surface area contributed by atoms with Gasteiger partial charge in [-0.3, -0.25) is 4.72 Å². The zero-order chi connectivity index (χ0) is 17.5. The van der Waals surface area contributed by atoms with Gasteiger partial charge >= 0.3 is 0 Å².